The topological polar surface area (TPSA) is 49.3 Å². The van der Waals surface area contributed by atoms with E-state index >= 15 is 0 Å². The molecule has 0 radical (unpaired) electrons. The Hall–Kier alpha value is -0.830. The van der Waals surface area contributed by atoms with Gasteiger partial charge in [0, 0.05) is 0 Å². The van der Waals surface area contributed by atoms with Crippen LogP contribution in [0.1, 0.15) is 13.3 Å². The third kappa shape index (κ3) is 3.25. The van der Waals surface area contributed by atoms with Gasteiger partial charge in [-0.1, -0.05) is 12.2 Å². The van der Waals surface area contributed by atoms with Crippen LogP contribution in [-0.4, -0.2) is 24.2 Å². The SMILES string of the molecule is CC=CC[C@H](NC)C(=O)O. The zero-order valence-corrected chi connectivity index (χ0v) is 6.29. The van der Waals surface area contributed by atoms with Crippen LogP contribution in [0.2, 0.25) is 0 Å². The van der Waals surface area contributed by atoms with Crippen molar-refractivity contribution in [1.29, 1.82) is 0 Å². The van der Waals surface area contributed by atoms with Crippen LogP contribution in [0.25, 0.3) is 0 Å². The zero-order chi connectivity index (χ0) is 7.98. The monoisotopic (exact) mass is 143 g/mol. The summed E-state index contributed by atoms with van der Waals surface area (Å²) in [5, 5.41) is 11.2. The van der Waals surface area contributed by atoms with Crippen LogP contribution in [-0.2, 0) is 4.79 Å². The maximum absolute atomic E-state index is 10.3. The Kier molecular flexibility index (Phi) is 4.58. The lowest BCUT2D eigenvalue weighted by Crippen LogP contribution is -2.33. The van der Waals surface area contributed by atoms with Crippen LogP contribution >= 0.6 is 0 Å². The molecule has 0 aliphatic rings. The molecule has 3 nitrogen and oxygen atoms in total. The van der Waals surface area contributed by atoms with E-state index in [0.29, 0.717) is 6.42 Å². The van der Waals surface area contributed by atoms with Crippen molar-refractivity contribution >= 4 is 5.97 Å². The first-order chi connectivity index (χ1) is 4.72. The van der Waals surface area contributed by atoms with Gasteiger partial charge in [-0.25, -0.2) is 0 Å². The van der Waals surface area contributed by atoms with Gasteiger partial charge in [0.15, 0.2) is 0 Å². The molecular formula is C7H13NO2. The van der Waals surface area contributed by atoms with Crippen molar-refractivity contribution in [2.45, 2.75) is 19.4 Å². The highest BCUT2D eigenvalue weighted by molar-refractivity contribution is 5.73. The lowest BCUT2D eigenvalue weighted by Gasteiger charge is -2.06. The fourth-order valence-electron chi connectivity index (χ4n) is 0.614. The fraction of sp³-hybridized carbons (Fsp3) is 0.571. The van der Waals surface area contributed by atoms with E-state index in [2.05, 4.69) is 5.32 Å². The van der Waals surface area contributed by atoms with Crippen molar-refractivity contribution in [2.24, 2.45) is 0 Å². The summed E-state index contributed by atoms with van der Waals surface area (Å²) in [6.45, 7) is 1.87. The summed E-state index contributed by atoms with van der Waals surface area (Å²) in [6.07, 6.45) is 4.21. The average Bonchev–Trinajstić information content (AvgIpc) is 1.89. The summed E-state index contributed by atoms with van der Waals surface area (Å²) in [6, 6.07) is -0.448. The smallest absolute Gasteiger partial charge is 0.321 e. The molecule has 0 aliphatic heterocycles. The number of rotatable bonds is 4. The van der Waals surface area contributed by atoms with Gasteiger partial charge in [-0.3, -0.25) is 4.79 Å². The van der Waals surface area contributed by atoms with Crippen LogP contribution in [0.15, 0.2) is 12.2 Å². The molecule has 0 heterocycles. The molecule has 0 rings (SSSR count). The molecule has 0 aromatic carbocycles. The van der Waals surface area contributed by atoms with Crippen molar-refractivity contribution < 1.29 is 9.90 Å². The van der Waals surface area contributed by atoms with Gasteiger partial charge in [0.05, 0.1) is 0 Å². The molecule has 2 N–H and O–H groups in total. The van der Waals surface area contributed by atoms with E-state index in [0.717, 1.165) is 0 Å². The number of carboxylic acids is 1. The summed E-state index contributed by atoms with van der Waals surface area (Å²) in [7, 11) is 1.64. The molecule has 0 unspecified atom stereocenters. The van der Waals surface area contributed by atoms with Crippen LogP contribution in [0.4, 0.5) is 0 Å². The minimum absolute atomic E-state index is 0.448. The summed E-state index contributed by atoms with van der Waals surface area (Å²) in [5.41, 5.74) is 0. The second-order valence-corrected chi connectivity index (χ2v) is 1.98. The largest absolute Gasteiger partial charge is 0.480 e. The first-order valence-corrected chi connectivity index (χ1v) is 3.23. The number of carboxylic acid groups (broad SMARTS) is 1. The van der Waals surface area contributed by atoms with Gasteiger partial charge in [-0.05, 0) is 20.4 Å². The molecule has 0 spiro atoms. The summed E-state index contributed by atoms with van der Waals surface area (Å²) in [5.74, 6) is -0.805. The summed E-state index contributed by atoms with van der Waals surface area (Å²) < 4.78 is 0. The third-order valence-corrected chi connectivity index (χ3v) is 1.25. The molecule has 0 amide bonds. The summed E-state index contributed by atoms with van der Waals surface area (Å²) in [4.78, 5) is 10.3. The molecule has 0 saturated carbocycles. The third-order valence-electron chi connectivity index (χ3n) is 1.25. The number of hydrogen-bond donors (Lipinski definition) is 2. The Labute approximate surface area is 60.7 Å². The highest BCUT2D eigenvalue weighted by atomic mass is 16.4. The molecule has 58 valence electrons. The van der Waals surface area contributed by atoms with Crippen molar-refractivity contribution in [1.82, 2.24) is 5.32 Å². The maximum atomic E-state index is 10.3. The van der Waals surface area contributed by atoms with Gasteiger partial charge in [0.25, 0.3) is 0 Å². The fourth-order valence-corrected chi connectivity index (χ4v) is 0.614. The Morgan fingerprint density at radius 3 is 2.70 bits per heavy atom. The van der Waals surface area contributed by atoms with Crippen LogP contribution in [0, 0.1) is 0 Å². The van der Waals surface area contributed by atoms with Gasteiger partial charge in [-0.2, -0.15) is 0 Å². The minimum atomic E-state index is -0.805. The Morgan fingerprint density at radius 1 is 1.80 bits per heavy atom. The lowest BCUT2D eigenvalue weighted by atomic mass is 10.2. The van der Waals surface area contributed by atoms with E-state index < -0.39 is 12.0 Å². The van der Waals surface area contributed by atoms with Crippen molar-refractivity contribution in [3.05, 3.63) is 12.2 Å². The molecule has 0 saturated heterocycles. The lowest BCUT2D eigenvalue weighted by molar-refractivity contribution is -0.139. The van der Waals surface area contributed by atoms with Crippen LogP contribution in [0.5, 0.6) is 0 Å². The van der Waals surface area contributed by atoms with Gasteiger partial charge in [-0.15, -0.1) is 0 Å². The first kappa shape index (κ1) is 9.17. The zero-order valence-electron chi connectivity index (χ0n) is 6.29. The van der Waals surface area contributed by atoms with Crippen molar-refractivity contribution in [3.8, 4) is 0 Å². The number of nitrogens with one attached hydrogen (secondary N) is 1. The summed E-state index contributed by atoms with van der Waals surface area (Å²) >= 11 is 0. The Balaban J connectivity index is 3.71. The molecule has 3 heteroatoms. The van der Waals surface area contributed by atoms with Gasteiger partial charge < -0.3 is 10.4 Å². The van der Waals surface area contributed by atoms with Gasteiger partial charge in [0.1, 0.15) is 6.04 Å². The van der Waals surface area contributed by atoms with E-state index in [1.54, 1.807) is 7.05 Å². The highest BCUT2D eigenvalue weighted by Crippen LogP contribution is 1.92. The normalized spacial score (nSPS) is 13.8. The van der Waals surface area contributed by atoms with Crippen molar-refractivity contribution in [2.75, 3.05) is 7.05 Å². The number of aliphatic carboxylic acids is 1. The Morgan fingerprint density at radius 2 is 2.40 bits per heavy atom. The molecular weight excluding hydrogens is 130 g/mol. The maximum Gasteiger partial charge on any atom is 0.321 e. The molecule has 0 aliphatic carbocycles. The second-order valence-electron chi connectivity index (χ2n) is 1.98. The predicted molar refractivity (Wildman–Crippen MR) is 39.9 cm³/mol. The molecule has 0 aromatic rings. The number of hydrogen-bond acceptors (Lipinski definition) is 2. The molecule has 0 bridgehead atoms. The minimum Gasteiger partial charge on any atom is -0.480 e. The quantitative estimate of drug-likeness (QED) is 0.567. The van der Waals surface area contributed by atoms with E-state index in [1.165, 1.54) is 0 Å². The first-order valence-electron chi connectivity index (χ1n) is 3.23. The van der Waals surface area contributed by atoms with E-state index in [9.17, 15) is 4.79 Å². The molecule has 0 fully saturated rings. The second kappa shape index (κ2) is 4.99. The van der Waals surface area contributed by atoms with Gasteiger partial charge >= 0.3 is 5.97 Å². The van der Waals surface area contributed by atoms with Crippen LogP contribution < -0.4 is 5.32 Å². The van der Waals surface area contributed by atoms with Gasteiger partial charge in [0.2, 0.25) is 0 Å². The van der Waals surface area contributed by atoms with E-state index in [1.807, 2.05) is 19.1 Å². The predicted octanol–water partition coefficient (Wildman–Crippen LogP) is 0.625. The Bertz CT molecular complexity index is 132. The number of carbonyl (C=O) groups is 1. The molecule has 1 atom stereocenters. The van der Waals surface area contributed by atoms with E-state index in [-0.39, 0.29) is 0 Å². The highest BCUT2D eigenvalue weighted by Gasteiger charge is 2.11. The number of likely N-dealkylation sites (N-methyl/N-ethyl adjacent to an activating group) is 1. The van der Waals surface area contributed by atoms with Crippen molar-refractivity contribution in [3.63, 3.8) is 0 Å². The molecule has 0 aromatic heterocycles. The average molecular weight is 143 g/mol. The van der Waals surface area contributed by atoms with E-state index in [4.69, 9.17) is 5.11 Å². The van der Waals surface area contributed by atoms with Crippen LogP contribution in [0.3, 0.4) is 0 Å². The standard InChI is InChI=1S/C7H13NO2/c1-3-4-5-6(8-2)7(9)10/h3-4,6,8H,5H2,1-2H3,(H,9,10)/t6-/m0/s1. The molecule has 10 heavy (non-hydrogen) atoms. The number of allylic oxidation sites excluding steroid dienone is 1.